The molecular weight excluding hydrogens is 527 g/mol. The first kappa shape index (κ1) is 26.8. The highest BCUT2D eigenvalue weighted by molar-refractivity contribution is 6.04. The minimum atomic E-state index is -4.56. The second-order valence-corrected chi connectivity index (χ2v) is 9.21. The number of pyridine rings is 1. The number of anilines is 2. The molecule has 0 saturated carbocycles. The number of aromatic nitrogens is 5. The van der Waals surface area contributed by atoms with Crippen molar-refractivity contribution in [3.05, 3.63) is 60.0 Å². The van der Waals surface area contributed by atoms with Gasteiger partial charge in [0.1, 0.15) is 29.8 Å². The SMILES string of the molecule is CCNC(=O)N1CCCCC1n1nc(-c2ccc(C(=O)Nc3cc(C(F)(F)F)ccn3)cc2)c2c(N)ncnc21. The summed E-state index contributed by atoms with van der Waals surface area (Å²) in [5.41, 5.74) is 7.08. The standard InChI is InChI=1S/C26H26F3N9O2/c1-2-31-25(40)37-12-4-3-5-19(37)38-23-20(22(30)33-14-34-23)21(36-38)15-6-8-16(9-7-15)24(39)35-18-13-17(10-11-32-18)26(27,28)29/h6-11,13-14,19H,2-5,12H2,1H3,(H,31,40)(H2,30,33,34)(H,32,35,39). The molecule has 1 aliphatic heterocycles. The molecule has 0 aliphatic carbocycles. The van der Waals surface area contributed by atoms with Crippen LogP contribution in [0.2, 0.25) is 0 Å². The molecule has 4 heterocycles. The molecule has 14 heteroatoms. The number of hydrogen-bond acceptors (Lipinski definition) is 7. The molecule has 4 N–H and O–H groups in total. The fourth-order valence-electron chi connectivity index (χ4n) is 4.71. The Bertz CT molecular complexity index is 1550. The lowest BCUT2D eigenvalue weighted by atomic mass is 10.1. The van der Waals surface area contributed by atoms with Gasteiger partial charge in [-0.1, -0.05) is 12.1 Å². The first-order chi connectivity index (χ1) is 19.2. The average molecular weight is 554 g/mol. The number of urea groups is 1. The Labute approximate surface area is 226 Å². The van der Waals surface area contributed by atoms with Crippen molar-refractivity contribution in [3.8, 4) is 11.3 Å². The van der Waals surface area contributed by atoms with E-state index >= 15 is 0 Å². The maximum absolute atomic E-state index is 13.0. The zero-order valence-corrected chi connectivity index (χ0v) is 21.4. The van der Waals surface area contributed by atoms with Crippen LogP contribution in [0.3, 0.4) is 0 Å². The first-order valence-electron chi connectivity index (χ1n) is 12.7. The lowest BCUT2D eigenvalue weighted by molar-refractivity contribution is -0.137. The lowest BCUT2D eigenvalue weighted by Crippen LogP contribution is -2.46. The van der Waals surface area contributed by atoms with Crippen LogP contribution < -0.4 is 16.4 Å². The van der Waals surface area contributed by atoms with Crippen LogP contribution >= 0.6 is 0 Å². The summed E-state index contributed by atoms with van der Waals surface area (Å²) in [5.74, 6) is -0.636. The Morgan fingerprint density at radius 2 is 1.88 bits per heavy atom. The maximum Gasteiger partial charge on any atom is 0.416 e. The van der Waals surface area contributed by atoms with Crippen LogP contribution in [-0.4, -0.2) is 54.7 Å². The molecule has 0 radical (unpaired) electrons. The van der Waals surface area contributed by atoms with Crippen molar-refractivity contribution >= 4 is 34.6 Å². The molecule has 3 aromatic heterocycles. The molecule has 0 spiro atoms. The summed E-state index contributed by atoms with van der Waals surface area (Å²) in [6.07, 6.45) is -0.159. The number of halogens is 3. The minimum Gasteiger partial charge on any atom is -0.383 e. The molecule has 4 aromatic rings. The lowest BCUT2D eigenvalue weighted by Gasteiger charge is -2.35. The van der Waals surface area contributed by atoms with E-state index in [1.54, 1.807) is 21.7 Å². The van der Waals surface area contributed by atoms with Crippen LogP contribution in [0.5, 0.6) is 0 Å². The summed E-state index contributed by atoms with van der Waals surface area (Å²) < 4.78 is 40.7. The van der Waals surface area contributed by atoms with Gasteiger partial charge in [-0.3, -0.25) is 4.79 Å². The Kier molecular flexibility index (Phi) is 7.24. The molecular formula is C26H26F3N9O2. The van der Waals surface area contributed by atoms with Crippen LogP contribution in [0, 0.1) is 0 Å². The number of alkyl halides is 3. The largest absolute Gasteiger partial charge is 0.416 e. The van der Waals surface area contributed by atoms with Gasteiger partial charge in [0.15, 0.2) is 5.65 Å². The predicted molar refractivity (Wildman–Crippen MR) is 141 cm³/mol. The van der Waals surface area contributed by atoms with Crippen LogP contribution in [-0.2, 0) is 6.18 Å². The maximum atomic E-state index is 13.0. The van der Waals surface area contributed by atoms with Crippen molar-refractivity contribution in [3.63, 3.8) is 0 Å². The number of amides is 3. The van der Waals surface area contributed by atoms with E-state index in [-0.39, 0.29) is 29.4 Å². The molecule has 11 nitrogen and oxygen atoms in total. The number of carbonyl (C=O) groups excluding carboxylic acids is 2. The molecule has 3 amide bonds. The fraction of sp³-hybridized carbons (Fsp3) is 0.308. The van der Waals surface area contributed by atoms with Crippen molar-refractivity contribution in [2.75, 3.05) is 24.1 Å². The van der Waals surface area contributed by atoms with Gasteiger partial charge in [-0.05, 0) is 50.5 Å². The number of nitrogens with two attached hydrogens (primary N) is 1. The highest BCUT2D eigenvalue weighted by atomic mass is 19.4. The molecule has 1 atom stereocenters. The third-order valence-electron chi connectivity index (χ3n) is 6.61. The van der Waals surface area contributed by atoms with Crippen molar-refractivity contribution in [1.82, 2.24) is 34.9 Å². The Morgan fingerprint density at radius 1 is 1.10 bits per heavy atom. The van der Waals surface area contributed by atoms with Crippen molar-refractivity contribution in [2.24, 2.45) is 0 Å². The van der Waals surface area contributed by atoms with Crippen LogP contribution in [0.4, 0.5) is 29.6 Å². The Morgan fingerprint density at radius 3 is 2.60 bits per heavy atom. The molecule has 208 valence electrons. The van der Waals surface area contributed by atoms with Crippen LogP contribution in [0.15, 0.2) is 48.9 Å². The topological polar surface area (TPSA) is 144 Å². The highest BCUT2D eigenvalue weighted by Crippen LogP contribution is 2.35. The summed E-state index contributed by atoms with van der Waals surface area (Å²) in [6, 6.07) is 7.74. The zero-order valence-electron chi connectivity index (χ0n) is 21.4. The molecule has 1 fully saturated rings. The van der Waals surface area contributed by atoms with E-state index in [9.17, 15) is 22.8 Å². The number of fused-ring (bicyclic) bond motifs is 1. The van der Waals surface area contributed by atoms with Crippen molar-refractivity contribution in [2.45, 2.75) is 38.5 Å². The molecule has 1 aromatic carbocycles. The minimum absolute atomic E-state index is 0.190. The summed E-state index contributed by atoms with van der Waals surface area (Å²) in [4.78, 5) is 39.6. The number of piperidine rings is 1. The van der Waals surface area contributed by atoms with Gasteiger partial charge >= 0.3 is 12.2 Å². The first-order valence-corrected chi connectivity index (χ1v) is 12.7. The second kappa shape index (κ2) is 10.8. The summed E-state index contributed by atoms with van der Waals surface area (Å²) in [7, 11) is 0. The molecule has 1 aliphatic rings. The molecule has 40 heavy (non-hydrogen) atoms. The number of nitrogens with one attached hydrogen (secondary N) is 2. The molecule has 5 rings (SSSR count). The van der Waals surface area contributed by atoms with Crippen molar-refractivity contribution in [1.29, 1.82) is 0 Å². The number of nitrogen functional groups attached to an aromatic ring is 1. The van der Waals surface area contributed by atoms with Gasteiger partial charge in [-0.2, -0.15) is 18.3 Å². The summed E-state index contributed by atoms with van der Waals surface area (Å²) in [5, 5.41) is 10.6. The smallest absolute Gasteiger partial charge is 0.383 e. The Hall–Kier alpha value is -4.75. The van der Waals surface area contributed by atoms with E-state index in [1.807, 2.05) is 6.92 Å². The van der Waals surface area contributed by atoms with Gasteiger partial charge in [0.2, 0.25) is 0 Å². The number of benzene rings is 1. The number of likely N-dealkylation sites (tertiary alicyclic amines) is 1. The summed E-state index contributed by atoms with van der Waals surface area (Å²) >= 11 is 0. The van der Waals surface area contributed by atoms with E-state index in [2.05, 4.69) is 25.6 Å². The van der Waals surface area contributed by atoms with Gasteiger partial charge in [0.25, 0.3) is 5.91 Å². The van der Waals surface area contributed by atoms with Crippen molar-refractivity contribution < 1.29 is 22.8 Å². The average Bonchev–Trinajstić information content (AvgIpc) is 3.34. The normalized spacial score (nSPS) is 15.7. The third kappa shape index (κ3) is 5.24. The Balaban J connectivity index is 1.46. The van der Waals surface area contributed by atoms with Gasteiger partial charge in [0.05, 0.1) is 10.9 Å². The second-order valence-electron chi connectivity index (χ2n) is 9.21. The molecule has 1 unspecified atom stereocenters. The molecule has 1 saturated heterocycles. The highest BCUT2D eigenvalue weighted by Gasteiger charge is 2.32. The summed E-state index contributed by atoms with van der Waals surface area (Å²) in [6.45, 7) is 2.91. The van der Waals surface area contributed by atoms with Gasteiger partial charge < -0.3 is 21.3 Å². The quantitative estimate of drug-likeness (QED) is 0.331. The van der Waals surface area contributed by atoms with Crippen LogP contribution in [0.25, 0.3) is 22.3 Å². The van der Waals surface area contributed by atoms with E-state index in [0.29, 0.717) is 41.8 Å². The van der Waals surface area contributed by atoms with Gasteiger partial charge in [-0.25, -0.2) is 24.4 Å². The number of rotatable bonds is 5. The van der Waals surface area contributed by atoms with Gasteiger partial charge in [0, 0.05) is 30.4 Å². The number of nitrogens with zero attached hydrogens (tertiary/aromatic N) is 6. The monoisotopic (exact) mass is 553 g/mol. The van der Waals surface area contributed by atoms with E-state index < -0.39 is 17.6 Å². The van der Waals surface area contributed by atoms with E-state index in [1.165, 1.54) is 18.5 Å². The van der Waals surface area contributed by atoms with Gasteiger partial charge in [-0.15, -0.1) is 0 Å². The number of hydrogen-bond donors (Lipinski definition) is 3. The molecule has 0 bridgehead atoms. The number of carbonyl (C=O) groups is 2. The van der Waals surface area contributed by atoms with E-state index in [4.69, 9.17) is 10.8 Å². The van der Waals surface area contributed by atoms with Crippen LogP contribution in [0.1, 0.15) is 48.3 Å². The zero-order chi connectivity index (χ0) is 28.4. The fourth-order valence-corrected chi connectivity index (χ4v) is 4.71. The predicted octanol–water partition coefficient (Wildman–Crippen LogP) is 4.46. The van der Waals surface area contributed by atoms with E-state index in [0.717, 1.165) is 31.2 Å². The third-order valence-corrected chi connectivity index (χ3v) is 6.61.